The highest BCUT2D eigenvalue weighted by Gasteiger charge is 2.23. The van der Waals surface area contributed by atoms with Crippen LogP contribution >= 0.6 is 0 Å². The van der Waals surface area contributed by atoms with Crippen molar-refractivity contribution in [3.63, 3.8) is 0 Å². The molecule has 0 aromatic heterocycles. The van der Waals surface area contributed by atoms with Gasteiger partial charge in [0.25, 0.3) is 0 Å². The van der Waals surface area contributed by atoms with Gasteiger partial charge in [0.05, 0.1) is 6.54 Å². The fraction of sp³-hybridized carbons (Fsp3) is 0.652. The molecule has 1 aromatic carbocycles. The number of rotatable bonds is 12. The van der Waals surface area contributed by atoms with E-state index in [1.807, 2.05) is 24.3 Å². The number of carboxylic acids is 1. The first-order valence-corrected chi connectivity index (χ1v) is 10.9. The van der Waals surface area contributed by atoms with Gasteiger partial charge in [-0.25, -0.2) is 9.59 Å². The van der Waals surface area contributed by atoms with Crippen molar-refractivity contribution in [2.45, 2.75) is 65.1 Å². The van der Waals surface area contributed by atoms with Gasteiger partial charge in [0.1, 0.15) is 18.5 Å². The molecular formula is C23H35NO6. The van der Waals surface area contributed by atoms with Crippen LogP contribution in [-0.2, 0) is 20.7 Å². The van der Waals surface area contributed by atoms with Crippen LogP contribution in [0.25, 0.3) is 0 Å². The maximum atomic E-state index is 12.5. The number of carbonyl (C=O) groups is 2. The number of carbonyl (C=O) groups excluding carboxylic acids is 1. The third kappa shape index (κ3) is 8.22. The van der Waals surface area contributed by atoms with Gasteiger partial charge in [-0.1, -0.05) is 26.0 Å². The topological polar surface area (TPSA) is 85.3 Å². The minimum atomic E-state index is -0.966. The summed E-state index contributed by atoms with van der Waals surface area (Å²) in [5, 5.41) is 9.19. The van der Waals surface area contributed by atoms with Gasteiger partial charge in [0.2, 0.25) is 0 Å². The molecule has 0 spiro atoms. The van der Waals surface area contributed by atoms with E-state index in [2.05, 4.69) is 13.8 Å². The van der Waals surface area contributed by atoms with Gasteiger partial charge in [-0.3, -0.25) is 0 Å². The number of aliphatic carboxylic acids is 1. The quantitative estimate of drug-likeness (QED) is 0.546. The number of carboxylic acid groups (broad SMARTS) is 1. The van der Waals surface area contributed by atoms with Crippen molar-refractivity contribution in [3.05, 3.63) is 29.8 Å². The Balaban J connectivity index is 1.83. The van der Waals surface area contributed by atoms with Crippen molar-refractivity contribution in [2.24, 2.45) is 5.92 Å². The summed E-state index contributed by atoms with van der Waals surface area (Å²) >= 11 is 0. The molecule has 0 bridgehead atoms. The number of nitrogens with zero attached hydrogens (tertiary/aromatic N) is 1. The van der Waals surface area contributed by atoms with Gasteiger partial charge in [0, 0.05) is 19.6 Å². The van der Waals surface area contributed by atoms with Gasteiger partial charge in [-0.05, 0) is 56.2 Å². The van der Waals surface area contributed by atoms with Crippen molar-refractivity contribution in [1.82, 2.24) is 4.90 Å². The first-order valence-electron chi connectivity index (χ1n) is 10.9. The van der Waals surface area contributed by atoms with Crippen LogP contribution in [0, 0.1) is 5.92 Å². The van der Waals surface area contributed by atoms with E-state index in [0.717, 1.165) is 31.2 Å². The second kappa shape index (κ2) is 12.4. The third-order valence-corrected chi connectivity index (χ3v) is 5.03. The van der Waals surface area contributed by atoms with Crippen LogP contribution in [0.15, 0.2) is 24.3 Å². The van der Waals surface area contributed by atoms with Crippen LogP contribution in [0.1, 0.15) is 52.0 Å². The fourth-order valence-corrected chi connectivity index (χ4v) is 3.55. The Morgan fingerprint density at radius 3 is 2.40 bits per heavy atom. The Kier molecular flexibility index (Phi) is 9.94. The van der Waals surface area contributed by atoms with Gasteiger partial charge in [0.15, 0.2) is 6.10 Å². The molecular weight excluding hydrogens is 386 g/mol. The molecule has 1 amide bonds. The van der Waals surface area contributed by atoms with E-state index >= 15 is 0 Å². The molecule has 30 heavy (non-hydrogen) atoms. The van der Waals surface area contributed by atoms with Crippen molar-refractivity contribution in [3.8, 4) is 5.75 Å². The average Bonchev–Trinajstić information content (AvgIpc) is 3.20. The number of hydrogen-bond acceptors (Lipinski definition) is 5. The SMILES string of the molecule is CCOC(Cc1ccc(OCCN(CC(C)C)C(=O)OC2CCCC2)cc1)C(=O)O. The number of hydrogen-bond donors (Lipinski definition) is 1. The monoisotopic (exact) mass is 421 g/mol. The summed E-state index contributed by atoms with van der Waals surface area (Å²) in [7, 11) is 0. The molecule has 0 radical (unpaired) electrons. The molecule has 7 nitrogen and oxygen atoms in total. The lowest BCUT2D eigenvalue weighted by atomic mass is 10.1. The van der Waals surface area contributed by atoms with Crippen LogP contribution in [0.2, 0.25) is 0 Å². The van der Waals surface area contributed by atoms with Crippen LogP contribution in [0.3, 0.4) is 0 Å². The summed E-state index contributed by atoms with van der Waals surface area (Å²) < 4.78 is 16.7. The van der Waals surface area contributed by atoms with Crippen LogP contribution in [-0.4, -0.2) is 60.6 Å². The maximum absolute atomic E-state index is 12.5. The van der Waals surface area contributed by atoms with E-state index < -0.39 is 12.1 Å². The average molecular weight is 422 g/mol. The number of amides is 1. The van der Waals surface area contributed by atoms with Gasteiger partial charge in [-0.2, -0.15) is 0 Å². The van der Waals surface area contributed by atoms with E-state index in [1.165, 1.54) is 0 Å². The van der Waals surface area contributed by atoms with E-state index in [0.29, 0.717) is 44.4 Å². The molecule has 2 rings (SSSR count). The Bertz CT molecular complexity index is 654. The summed E-state index contributed by atoms with van der Waals surface area (Å²) in [6.45, 7) is 7.72. The maximum Gasteiger partial charge on any atom is 0.410 e. The molecule has 7 heteroatoms. The molecule has 0 aliphatic heterocycles. The number of benzene rings is 1. The standard InChI is InChI=1S/C23H35NO6/c1-4-28-21(22(25)26)15-18-9-11-19(12-10-18)29-14-13-24(16-17(2)3)23(27)30-20-7-5-6-8-20/h9-12,17,20-21H,4-8,13-16H2,1-3H3,(H,25,26). The third-order valence-electron chi connectivity index (χ3n) is 5.03. The Hall–Kier alpha value is -2.28. The lowest BCUT2D eigenvalue weighted by Crippen LogP contribution is -2.39. The summed E-state index contributed by atoms with van der Waals surface area (Å²) in [5.74, 6) is 0.0514. The molecule has 1 aliphatic carbocycles. The highest BCUT2D eigenvalue weighted by atomic mass is 16.6. The fourth-order valence-electron chi connectivity index (χ4n) is 3.55. The lowest BCUT2D eigenvalue weighted by molar-refractivity contribution is -0.149. The molecule has 0 heterocycles. The largest absolute Gasteiger partial charge is 0.492 e. The molecule has 0 saturated heterocycles. The van der Waals surface area contributed by atoms with E-state index in [-0.39, 0.29) is 12.2 Å². The highest BCUT2D eigenvalue weighted by molar-refractivity contribution is 5.72. The zero-order chi connectivity index (χ0) is 21.9. The molecule has 1 aromatic rings. The molecule has 1 atom stereocenters. The minimum absolute atomic E-state index is 0.0481. The summed E-state index contributed by atoms with van der Waals surface area (Å²) in [4.78, 5) is 25.5. The Morgan fingerprint density at radius 2 is 1.83 bits per heavy atom. The molecule has 1 fully saturated rings. The Labute approximate surface area is 179 Å². The zero-order valence-corrected chi connectivity index (χ0v) is 18.3. The van der Waals surface area contributed by atoms with E-state index in [1.54, 1.807) is 11.8 Å². The summed E-state index contributed by atoms with van der Waals surface area (Å²) in [6.07, 6.45) is 3.40. The van der Waals surface area contributed by atoms with Crippen molar-refractivity contribution < 1.29 is 28.9 Å². The van der Waals surface area contributed by atoms with Crippen LogP contribution < -0.4 is 4.74 Å². The predicted molar refractivity (Wildman–Crippen MR) is 114 cm³/mol. The molecule has 1 aliphatic rings. The van der Waals surface area contributed by atoms with Crippen molar-refractivity contribution in [1.29, 1.82) is 0 Å². The van der Waals surface area contributed by atoms with Crippen LogP contribution in [0.5, 0.6) is 5.75 Å². The molecule has 1 saturated carbocycles. The molecule has 1 unspecified atom stereocenters. The van der Waals surface area contributed by atoms with E-state index in [4.69, 9.17) is 14.2 Å². The second-order valence-electron chi connectivity index (χ2n) is 8.11. The summed E-state index contributed by atoms with van der Waals surface area (Å²) in [5.41, 5.74) is 0.866. The zero-order valence-electron chi connectivity index (χ0n) is 18.3. The van der Waals surface area contributed by atoms with Gasteiger partial charge in [-0.15, -0.1) is 0 Å². The van der Waals surface area contributed by atoms with Crippen molar-refractivity contribution in [2.75, 3.05) is 26.3 Å². The molecule has 168 valence electrons. The van der Waals surface area contributed by atoms with Crippen molar-refractivity contribution >= 4 is 12.1 Å². The molecule has 1 N–H and O–H groups in total. The Morgan fingerprint density at radius 1 is 1.17 bits per heavy atom. The predicted octanol–water partition coefficient (Wildman–Crippen LogP) is 4.13. The number of ether oxygens (including phenoxy) is 3. The van der Waals surface area contributed by atoms with E-state index in [9.17, 15) is 14.7 Å². The lowest BCUT2D eigenvalue weighted by Gasteiger charge is -2.25. The second-order valence-corrected chi connectivity index (χ2v) is 8.11. The minimum Gasteiger partial charge on any atom is -0.492 e. The smallest absolute Gasteiger partial charge is 0.410 e. The van der Waals surface area contributed by atoms with Gasteiger partial charge < -0.3 is 24.2 Å². The summed E-state index contributed by atoms with van der Waals surface area (Å²) in [6, 6.07) is 7.29. The first-order chi connectivity index (χ1) is 14.4. The highest BCUT2D eigenvalue weighted by Crippen LogP contribution is 2.22. The van der Waals surface area contributed by atoms with Crippen LogP contribution in [0.4, 0.5) is 4.79 Å². The van der Waals surface area contributed by atoms with Gasteiger partial charge >= 0.3 is 12.1 Å². The normalized spacial score (nSPS) is 15.2. The first kappa shape index (κ1) is 24.0.